The van der Waals surface area contributed by atoms with Gasteiger partial charge in [-0.3, -0.25) is 0 Å². The molecule has 0 amide bonds. The van der Waals surface area contributed by atoms with Crippen LogP contribution in [-0.4, -0.2) is 19.7 Å². The standard InChI is InChI=1S/C15H13F3N6/c16-15(17,18)12-11(10-4-2-9(8-19)3-5-10)13(20)24(23-12)14-21-6-1-7-22-14/h1,4,6-7,9H,2-3,5,20H2. The van der Waals surface area contributed by atoms with Gasteiger partial charge in [-0.2, -0.15) is 28.2 Å². The lowest BCUT2D eigenvalue weighted by atomic mass is 9.87. The normalized spacial score (nSPS) is 18.1. The first-order valence-electron chi connectivity index (χ1n) is 7.24. The Labute approximate surface area is 135 Å². The monoisotopic (exact) mass is 334 g/mol. The molecule has 0 spiro atoms. The highest BCUT2D eigenvalue weighted by molar-refractivity contribution is 5.77. The lowest BCUT2D eigenvalue weighted by molar-refractivity contribution is -0.141. The van der Waals surface area contributed by atoms with Crippen LogP contribution in [0.4, 0.5) is 19.0 Å². The van der Waals surface area contributed by atoms with Crippen LogP contribution in [0, 0.1) is 17.2 Å². The Bertz CT molecular complexity index is 816. The van der Waals surface area contributed by atoms with Gasteiger partial charge in [-0.15, -0.1) is 0 Å². The second-order valence-electron chi connectivity index (χ2n) is 5.40. The molecule has 2 heterocycles. The Kier molecular flexibility index (Phi) is 3.97. The maximum absolute atomic E-state index is 13.4. The number of nitrogens with zero attached hydrogens (tertiary/aromatic N) is 5. The van der Waals surface area contributed by atoms with Crippen LogP contribution in [0.1, 0.15) is 30.5 Å². The predicted octanol–water partition coefficient (Wildman–Crippen LogP) is 2.97. The summed E-state index contributed by atoms with van der Waals surface area (Å²) < 4.78 is 41.1. The number of hydrogen-bond donors (Lipinski definition) is 1. The minimum absolute atomic E-state index is 0.0296. The van der Waals surface area contributed by atoms with Crippen molar-refractivity contribution in [1.82, 2.24) is 19.7 Å². The van der Waals surface area contributed by atoms with E-state index in [0.29, 0.717) is 24.8 Å². The summed E-state index contributed by atoms with van der Waals surface area (Å²) in [4.78, 5) is 7.79. The lowest BCUT2D eigenvalue weighted by Crippen LogP contribution is -2.11. The van der Waals surface area contributed by atoms with Crippen molar-refractivity contribution in [2.45, 2.75) is 25.4 Å². The van der Waals surface area contributed by atoms with Gasteiger partial charge < -0.3 is 5.73 Å². The van der Waals surface area contributed by atoms with Crippen molar-refractivity contribution >= 4 is 11.4 Å². The minimum atomic E-state index is -4.66. The highest BCUT2D eigenvalue weighted by Crippen LogP contribution is 2.41. The molecule has 24 heavy (non-hydrogen) atoms. The summed E-state index contributed by atoms with van der Waals surface area (Å²) >= 11 is 0. The number of hydrogen-bond acceptors (Lipinski definition) is 5. The zero-order valence-electron chi connectivity index (χ0n) is 12.5. The molecule has 2 aromatic heterocycles. The molecule has 0 saturated heterocycles. The Morgan fingerprint density at radius 1 is 1.29 bits per heavy atom. The van der Waals surface area contributed by atoms with Crippen LogP contribution < -0.4 is 5.73 Å². The van der Waals surface area contributed by atoms with Crippen LogP contribution in [-0.2, 0) is 6.18 Å². The molecule has 0 aromatic carbocycles. The summed E-state index contributed by atoms with van der Waals surface area (Å²) in [5.41, 5.74) is 5.19. The van der Waals surface area contributed by atoms with Crippen molar-refractivity contribution < 1.29 is 13.2 Å². The molecule has 6 nitrogen and oxygen atoms in total. The van der Waals surface area contributed by atoms with E-state index in [4.69, 9.17) is 11.0 Å². The molecule has 0 saturated carbocycles. The number of nitriles is 1. The Balaban J connectivity index is 2.13. The molecular formula is C15H13F3N6. The zero-order chi connectivity index (χ0) is 17.3. The van der Waals surface area contributed by atoms with Crippen molar-refractivity contribution in [2.75, 3.05) is 5.73 Å². The molecule has 124 valence electrons. The number of halogens is 3. The largest absolute Gasteiger partial charge is 0.435 e. The first kappa shape index (κ1) is 16.0. The summed E-state index contributed by atoms with van der Waals surface area (Å²) in [6, 6.07) is 3.67. The number of anilines is 1. The summed E-state index contributed by atoms with van der Waals surface area (Å²) in [5, 5.41) is 12.5. The highest BCUT2D eigenvalue weighted by Gasteiger charge is 2.40. The van der Waals surface area contributed by atoms with E-state index in [1.54, 1.807) is 12.1 Å². The lowest BCUT2D eigenvalue weighted by Gasteiger charge is -2.17. The molecule has 1 unspecified atom stereocenters. The molecule has 3 rings (SSSR count). The molecular weight excluding hydrogens is 321 g/mol. The van der Waals surface area contributed by atoms with Gasteiger partial charge in [0.1, 0.15) is 5.82 Å². The number of nitrogens with two attached hydrogens (primary N) is 1. The van der Waals surface area contributed by atoms with Gasteiger partial charge in [0.25, 0.3) is 5.95 Å². The van der Waals surface area contributed by atoms with Gasteiger partial charge in [0.15, 0.2) is 5.69 Å². The number of nitrogen functional groups attached to an aromatic ring is 1. The SMILES string of the molecule is N#CC1CC=C(c2c(C(F)(F)F)nn(-c3ncccn3)c2N)CC1. The average molecular weight is 334 g/mol. The van der Waals surface area contributed by atoms with Gasteiger partial charge in [0.2, 0.25) is 0 Å². The van der Waals surface area contributed by atoms with E-state index in [2.05, 4.69) is 21.1 Å². The Hall–Kier alpha value is -2.89. The second-order valence-corrected chi connectivity index (χ2v) is 5.40. The molecule has 0 radical (unpaired) electrons. The molecule has 1 aliphatic carbocycles. The summed E-state index contributed by atoms with van der Waals surface area (Å²) in [6.45, 7) is 0. The minimum Gasteiger partial charge on any atom is -0.383 e. The van der Waals surface area contributed by atoms with Crippen molar-refractivity contribution in [1.29, 1.82) is 5.26 Å². The average Bonchev–Trinajstić information content (AvgIpc) is 2.93. The number of aromatic nitrogens is 4. The fourth-order valence-electron chi connectivity index (χ4n) is 2.68. The van der Waals surface area contributed by atoms with E-state index in [-0.39, 0.29) is 23.2 Å². The van der Waals surface area contributed by atoms with Gasteiger partial charge >= 0.3 is 6.18 Å². The number of rotatable bonds is 2. The van der Waals surface area contributed by atoms with Gasteiger partial charge in [-0.1, -0.05) is 6.08 Å². The molecule has 2 aromatic rings. The first-order valence-corrected chi connectivity index (χ1v) is 7.24. The van der Waals surface area contributed by atoms with Crippen molar-refractivity contribution in [3.63, 3.8) is 0 Å². The van der Waals surface area contributed by atoms with Crippen LogP contribution >= 0.6 is 0 Å². The maximum Gasteiger partial charge on any atom is 0.435 e. The van der Waals surface area contributed by atoms with Crippen LogP contribution in [0.5, 0.6) is 0 Å². The van der Waals surface area contributed by atoms with E-state index in [0.717, 1.165) is 4.68 Å². The van der Waals surface area contributed by atoms with Crippen LogP contribution in [0.15, 0.2) is 24.5 Å². The summed E-state index contributed by atoms with van der Waals surface area (Å²) in [6.07, 6.45) is 1.00. The Morgan fingerprint density at radius 2 is 2.00 bits per heavy atom. The van der Waals surface area contributed by atoms with E-state index in [9.17, 15) is 13.2 Å². The number of alkyl halides is 3. The Morgan fingerprint density at radius 3 is 2.54 bits per heavy atom. The molecule has 1 aliphatic rings. The smallest absolute Gasteiger partial charge is 0.383 e. The third-order valence-electron chi connectivity index (χ3n) is 3.85. The highest BCUT2D eigenvalue weighted by atomic mass is 19.4. The number of allylic oxidation sites excluding steroid dienone is 2. The van der Waals surface area contributed by atoms with E-state index in [1.165, 1.54) is 12.4 Å². The van der Waals surface area contributed by atoms with Crippen molar-refractivity contribution in [3.05, 3.63) is 35.8 Å². The second kappa shape index (κ2) is 5.96. The van der Waals surface area contributed by atoms with E-state index >= 15 is 0 Å². The predicted molar refractivity (Wildman–Crippen MR) is 79.5 cm³/mol. The van der Waals surface area contributed by atoms with E-state index in [1.807, 2.05) is 0 Å². The van der Waals surface area contributed by atoms with Crippen LogP contribution in [0.3, 0.4) is 0 Å². The van der Waals surface area contributed by atoms with Crippen LogP contribution in [0.25, 0.3) is 11.5 Å². The van der Waals surface area contributed by atoms with E-state index < -0.39 is 11.9 Å². The first-order chi connectivity index (χ1) is 11.4. The molecule has 9 heteroatoms. The van der Waals surface area contributed by atoms with Gasteiger partial charge in [0.05, 0.1) is 17.6 Å². The molecule has 2 N–H and O–H groups in total. The topological polar surface area (TPSA) is 93.4 Å². The quantitative estimate of drug-likeness (QED) is 0.911. The molecule has 1 atom stereocenters. The molecule has 0 aliphatic heterocycles. The third-order valence-corrected chi connectivity index (χ3v) is 3.85. The fourth-order valence-corrected chi connectivity index (χ4v) is 2.68. The maximum atomic E-state index is 13.4. The molecule has 0 bridgehead atoms. The van der Waals surface area contributed by atoms with Crippen LogP contribution in [0.2, 0.25) is 0 Å². The summed E-state index contributed by atoms with van der Waals surface area (Å²) in [7, 11) is 0. The zero-order valence-corrected chi connectivity index (χ0v) is 12.5. The summed E-state index contributed by atoms with van der Waals surface area (Å²) in [5.74, 6) is -0.370. The molecule has 0 fully saturated rings. The van der Waals surface area contributed by atoms with Gasteiger partial charge in [-0.05, 0) is 30.9 Å². The van der Waals surface area contributed by atoms with Gasteiger partial charge in [0, 0.05) is 12.4 Å². The fraction of sp³-hybridized carbons (Fsp3) is 0.333. The van der Waals surface area contributed by atoms with Gasteiger partial charge in [-0.25, -0.2) is 9.97 Å². The van der Waals surface area contributed by atoms with Crippen molar-refractivity contribution in [3.8, 4) is 12.0 Å². The van der Waals surface area contributed by atoms with Crippen molar-refractivity contribution in [2.24, 2.45) is 5.92 Å². The third kappa shape index (κ3) is 2.82.